The Morgan fingerprint density at radius 2 is 2.25 bits per heavy atom. The number of ether oxygens (including phenoxy) is 1. The van der Waals surface area contributed by atoms with Gasteiger partial charge in [0.05, 0.1) is 12.7 Å². The van der Waals surface area contributed by atoms with Gasteiger partial charge in [0.1, 0.15) is 0 Å². The van der Waals surface area contributed by atoms with E-state index < -0.39 is 0 Å². The predicted octanol–water partition coefficient (Wildman–Crippen LogP) is 1.71. The zero-order valence-corrected chi connectivity index (χ0v) is 7.88. The molecule has 12 heavy (non-hydrogen) atoms. The molecular weight excluding hydrogens is 150 g/mol. The van der Waals surface area contributed by atoms with Gasteiger partial charge in [-0.1, -0.05) is 5.57 Å². The van der Waals surface area contributed by atoms with E-state index in [1.807, 2.05) is 6.92 Å². The van der Waals surface area contributed by atoms with Crippen LogP contribution in [-0.2, 0) is 4.74 Å². The minimum Gasteiger partial charge on any atom is -0.378 e. The summed E-state index contributed by atoms with van der Waals surface area (Å²) in [4.78, 5) is 0. The molecule has 0 aromatic rings. The van der Waals surface area contributed by atoms with Gasteiger partial charge in [0.15, 0.2) is 0 Å². The number of nitrogens with two attached hydrogens (primary N) is 1. The van der Waals surface area contributed by atoms with Crippen LogP contribution in [0.4, 0.5) is 0 Å². The van der Waals surface area contributed by atoms with Crippen LogP contribution in [0.2, 0.25) is 0 Å². The third kappa shape index (κ3) is 2.95. The predicted molar refractivity (Wildman–Crippen MR) is 50.9 cm³/mol. The summed E-state index contributed by atoms with van der Waals surface area (Å²) < 4.78 is 5.60. The first kappa shape index (κ1) is 9.75. The Kier molecular flexibility index (Phi) is 3.76. The Hall–Kier alpha value is -0.340. The molecule has 0 aliphatic heterocycles. The van der Waals surface area contributed by atoms with E-state index in [-0.39, 0.29) is 0 Å². The molecule has 0 unspecified atom stereocenters. The molecule has 0 radical (unpaired) electrons. The maximum atomic E-state index is 5.60. The maximum Gasteiger partial charge on any atom is 0.0581 e. The summed E-state index contributed by atoms with van der Waals surface area (Å²) in [6, 6.07) is 0. The highest BCUT2D eigenvalue weighted by Gasteiger charge is 2.28. The van der Waals surface area contributed by atoms with Crippen molar-refractivity contribution in [2.24, 2.45) is 11.7 Å². The van der Waals surface area contributed by atoms with E-state index in [0.717, 1.165) is 38.3 Å². The molecule has 1 fully saturated rings. The van der Waals surface area contributed by atoms with Crippen molar-refractivity contribution in [3.8, 4) is 0 Å². The third-order valence-electron chi connectivity index (χ3n) is 2.41. The second kappa shape index (κ2) is 4.63. The fourth-order valence-corrected chi connectivity index (χ4v) is 1.40. The van der Waals surface area contributed by atoms with Crippen molar-refractivity contribution in [2.75, 3.05) is 13.2 Å². The quantitative estimate of drug-likeness (QED) is 0.636. The molecular formula is C10H19NO. The Bertz CT molecular complexity index is 150. The monoisotopic (exact) mass is 169 g/mol. The van der Waals surface area contributed by atoms with Gasteiger partial charge in [-0.15, -0.1) is 6.58 Å². The maximum absolute atomic E-state index is 5.60. The van der Waals surface area contributed by atoms with Gasteiger partial charge in [0.25, 0.3) is 0 Å². The molecule has 70 valence electrons. The Morgan fingerprint density at radius 3 is 2.75 bits per heavy atom. The average molecular weight is 169 g/mol. The fraction of sp³-hybridized carbons (Fsp3) is 0.800. The lowest BCUT2D eigenvalue weighted by molar-refractivity contribution is -0.0262. The molecule has 2 heteroatoms. The molecule has 1 aliphatic rings. The van der Waals surface area contributed by atoms with Gasteiger partial charge in [0.2, 0.25) is 0 Å². The van der Waals surface area contributed by atoms with Crippen molar-refractivity contribution in [3.05, 3.63) is 12.2 Å². The van der Waals surface area contributed by atoms with Gasteiger partial charge in [-0.3, -0.25) is 0 Å². The van der Waals surface area contributed by atoms with E-state index in [9.17, 15) is 0 Å². The molecule has 0 bridgehead atoms. The first-order valence-electron chi connectivity index (χ1n) is 4.68. The zero-order chi connectivity index (χ0) is 8.97. The summed E-state index contributed by atoms with van der Waals surface area (Å²) in [5, 5.41) is 0. The second-order valence-electron chi connectivity index (χ2n) is 3.77. The Labute approximate surface area is 74.8 Å². The van der Waals surface area contributed by atoms with Crippen molar-refractivity contribution in [1.29, 1.82) is 0 Å². The lowest BCUT2D eigenvalue weighted by Gasteiger charge is -2.34. The summed E-state index contributed by atoms with van der Waals surface area (Å²) in [7, 11) is 0. The van der Waals surface area contributed by atoms with E-state index in [0.29, 0.717) is 6.10 Å². The largest absolute Gasteiger partial charge is 0.378 e. The van der Waals surface area contributed by atoms with Crippen LogP contribution in [0.3, 0.4) is 0 Å². The van der Waals surface area contributed by atoms with Crippen molar-refractivity contribution in [2.45, 2.75) is 32.3 Å². The average Bonchev–Trinajstić information content (AvgIpc) is 1.93. The molecule has 0 saturated heterocycles. The Balaban J connectivity index is 1.93. The normalized spacial score (nSPS) is 28.2. The minimum atomic E-state index is 0.484. The molecule has 1 rings (SSSR count). The van der Waals surface area contributed by atoms with Gasteiger partial charge in [-0.2, -0.15) is 0 Å². The summed E-state index contributed by atoms with van der Waals surface area (Å²) >= 11 is 0. The van der Waals surface area contributed by atoms with Crippen molar-refractivity contribution >= 4 is 0 Å². The first-order chi connectivity index (χ1) is 5.72. The molecule has 0 aromatic heterocycles. The molecule has 0 atom stereocenters. The van der Waals surface area contributed by atoms with Crippen LogP contribution in [0.5, 0.6) is 0 Å². The van der Waals surface area contributed by atoms with Gasteiger partial charge in [-0.25, -0.2) is 0 Å². The molecule has 2 nitrogen and oxygen atoms in total. The fourth-order valence-electron chi connectivity index (χ4n) is 1.40. The molecule has 1 saturated carbocycles. The SMILES string of the molecule is C=C(C)CCOC1CC(CN)C1. The number of hydrogen-bond acceptors (Lipinski definition) is 2. The van der Waals surface area contributed by atoms with Crippen LogP contribution in [0.1, 0.15) is 26.2 Å². The first-order valence-corrected chi connectivity index (χ1v) is 4.68. The lowest BCUT2D eigenvalue weighted by Crippen LogP contribution is -2.36. The summed E-state index contributed by atoms with van der Waals surface area (Å²) in [5.74, 6) is 0.722. The number of hydrogen-bond donors (Lipinski definition) is 1. The van der Waals surface area contributed by atoms with Crippen LogP contribution >= 0.6 is 0 Å². The van der Waals surface area contributed by atoms with E-state index in [1.54, 1.807) is 0 Å². The van der Waals surface area contributed by atoms with Crippen LogP contribution in [0, 0.1) is 5.92 Å². The van der Waals surface area contributed by atoms with Crippen LogP contribution in [0.25, 0.3) is 0 Å². The topological polar surface area (TPSA) is 35.2 Å². The highest BCUT2D eigenvalue weighted by atomic mass is 16.5. The third-order valence-corrected chi connectivity index (χ3v) is 2.41. The van der Waals surface area contributed by atoms with Crippen LogP contribution in [-0.4, -0.2) is 19.3 Å². The van der Waals surface area contributed by atoms with E-state index in [1.165, 1.54) is 5.57 Å². The lowest BCUT2D eigenvalue weighted by atomic mass is 9.82. The molecule has 0 aromatic carbocycles. The molecule has 1 aliphatic carbocycles. The van der Waals surface area contributed by atoms with E-state index in [4.69, 9.17) is 10.5 Å². The van der Waals surface area contributed by atoms with E-state index >= 15 is 0 Å². The van der Waals surface area contributed by atoms with Gasteiger partial charge < -0.3 is 10.5 Å². The van der Waals surface area contributed by atoms with Crippen LogP contribution in [0.15, 0.2) is 12.2 Å². The van der Waals surface area contributed by atoms with E-state index in [2.05, 4.69) is 6.58 Å². The van der Waals surface area contributed by atoms with Crippen molar-refractivity contribution in [3.63, 3.8) is 0 Å². The smallest absolute Gasteiger partial charge is 0.0581 e. The standard InChI is InChI=1S/C10H19NO/c1-8(2)3-4-12-10-5-9(6-10)7-11/h9-10H,1,3-7,11H2,2H3. The Morgan fingerprint density at radius 1 is 1.58 bits per heavy atom. The van der Waals surface area contributed by atoms with Crippen LogP contribution < -0.4 is 5.73 Å². The van der Waals surface area contributed by atoms with Gasteiger partial charge >= 0.3 is 0 Å². The molecule has 0 spiro atoms. The summed E-state index contributed by atoms with van der Waals surface area (Å²) in [6.07, 6.45) is 3.79. The van der Waals surface area contributed by atoms with Crippen molar-refractivity contribution < 1.29 is 4.74 Å². The molecule has 0 heterocycles. The summed E-state index contributed by atoms with van der Waals surface area (Å²) in [5.41, 5.74) is 6.70. The van der Waals surface area contributed by atoms with Crippen molar-refractivity contribution in [1.82, 2.24) is 0 Å². The molecule has 2 N–H and O–H groups in total. The highest BCUT2D eigenvalue weighted by Crippen LogP contribution is 2.28. The highest BCUT2D eigenvalue weighted by molar-refractivity contribution is 4.88. The molecule has 0 amide bonds. The van der Waals surface area contributed by atoms with Gasteiger partial charge in [-0.05, 0) is 38.6 Å². The zero-order valence-electron chi connectivity index (χ0n) is 7.88. The van der Waals surface area contributed by atoms with Gasteiger partial charge in [0, 0.05) is 0 Å². The number of rotatable bonds is 5. The minimum absolute atomic E-state index is 0.484. The second-order valence-corrected chi connectivity index (χ2v) is 3.77. The summed E-state index contributed by atoms with van der Waals surface area (Å²) in [6.45, 7) is 7.51.